The molecule has 18 heavy (non-hydrogen) atoms. The average molecular weight is 249 g/mol. The van der Waals surface area contributed by atoms with Crippen LogP contribution in [0.1, 0.15) is 10.4 Å². The summed E-state index contributed by atoms with van der Waals surface area (Å²) in [5.41, 5.74) is 6.06. The molecular weight excluding hydrogens is 240 g/mol. The number of hydrogen-bond acceptors (Lipinski definition) is 3. The van der Waals surface area contributed by atoms with E-state index < -0.39 is 17.5 Å². The molecule has 0 aliphatic rings. The zero-order valence-corrected chi connectivity index (χ0v) is 9.15. The molecular formula is C12H9F2N3O. The van der Waals surface area contributed by atoms with Crippen LogP contribution < -0.4 is 11.1 Å². The zero-order chi connectivity index (χ0) is 13.1. The number of nitrogens with two attached hydrogens (primary N) is 1. The van der Waals surface area contributed by atoms with E-state index in [4.69, 9.17) is 5.73 Å². The third-order valence-corrected chi connectivity index (χ3v) is 2.22. The van der Waals surface area contributed by atoms with Crippen molar-refractivity contribution in [2.24, 2.45) is 0 Å². The fraction of sp³-hybridized carbons (Fsp3) is 0. The molecule has 0 bridgehead atoms. The van der Waals surface area contributed by atoms with E-state index in [1.54, 1.807) is 0 Å². The van der Waals surface area contributed by atoms with Crippen molar-refractivity contribution in [3.63, 3.8) is 0 Å². The number of nitrogen functional groups attached to an aromatic ring is 1. The number of nitrogens with one attached hydrogen (secondary N) is 1. The monoisotopic (exact) mass is 249 g/mol. The molecule has 0 unspecified atom stereocenters. The number of rotatable bonds is 2. The molecule has 0 saturated carbocycles. The summed E-state index contributed by atoms with van der Waals surface area (Å²) < 4.78 is 25.9. The minimum Gasteiger partial charge on any atom is -0.396 e. The molecule has 1 aromatic heterocycles. The summed E-state index contributed by atoms with van der Waals surface area (Å²) in [6.07, 6.45) is 2.81. The number of benzene rings is 1. The van der Waals surface area contributed by atoms with Crippen LogP contribution >= 0.6 is 0 Å². The van der Waals surface area contributed by atoms with Gasteiger partial charge in [0.25, 0.3) is 5.91 Å². The minimum atomic E-state index is -0.817. The van der Waals surface area contributed by atoms with Gasteiger partial charge in [0.15, 0.2) is 0 Å². The van der Waals surface area contributed by atoms with Gasteiger partial charge in [0.1, 0.15) is 11.6 Å². The molecule has 0 aliphatic heterocycles. The van der Waals surface area contributed by atoms with Gasteiger partial charge in [-0.2, -0.15) is 0 Å². The highest BCUT2D eigenvalue weighted by molar-refractivity contribution is 6.05. The van der Waals surface area contributed by atoms with Crippen LogP contribution in [-0.4, -0.2) is 10.9 Å². The Labute approximate surface area is 101 Å². The predicted octanol–water partition coefficient (Wildman–Crippen LogP) is 2.19. The largest absolute Gasteiger partial charge is 0.396 e. The summed E-state index contributed by atoms with van der Waals surface area (Å²) in [6.45, 7) is 0. The molecule has 1 aromatic carbocycles. The van der Waals surface area contributed by atoms with Crippen molar-refractivity contribution in [3.05, 3.63) is 53.9 Å². The highest BCUT2D eigenvalue weighted by Gasteiger charge is 2.10. The lowest BCUT2D eigenvalue weighted by atomic mass is 10.2. The van der Waals surface area contributed by atoms with Gasteiger partial charge in [-0.3, -0.25) is 9.78 Å². The molecule has 0 saturated heterocycles. The lowest BCUT2D eigenvalue weighted by Gasteiger charge is -2.07. The van der Waals surface area contributed by atoms with Crippen molar-refractivity contribution >= 4 is 17.3 Å². The van der Waals surface area contributed by atoms with Gasteiger partial charge in [0, 0.05) is 17.8 Å². The number of pyridine rings is 1. The lowest BCUT2D eigenvalue weighted by molar-refractivity contribution is 0.102. The summed E-state index contributed by atoms with van der Waals surface area (Å²) in [7, 11) is 0. The van der Waals surface area contributed by atoms with Crippen LogP contribution in [0, 0.1) is 11.6 Å². The molecule has 0 aliphatic carbocycles. The maximum Gasteiger partial charge on any atom is 0.255 e. The van der Waals surface area contributed by atoms with Crippen LogP contribution in [0.15, 0.2) is 36.7 Å². The Kier molecular flexibility index (Phi) is 3.18. The average Bonchev–Trinajstić information content (AvgIpc) is 2.31. The van der Waals surface area contributed by atoms with E-state index in [-0.39, 0.29) is 11.3 Å². The highest BCUT2D eigenvalue weighted by Crippen LogP contribution is 2.17. The highest BCUT2D eigenvalue weighted by atomic mass is 19.1. The second kappa shape index (κ2) is 4.79. The van der Waals surface area contributed by atoms with Gasteiger partial charge in [0.2, 0.25) is 0 Å². The Bertz CT molecular complexity index is 581. The van der Waals surface area contributed by atoms with Crippen LogP contribution in [0.3, 0.4) is 0 Å². The summed E-state index contributed by atoms with van der Waals surface area (Å²) in [5, 5.41) is 2.44. The normalized spacial score (nSPS) is 10.1. The van der Waals surface area contributed by atoms with Crippen molar-refractivity contribution in [1.29, 1.82) is 0 Å². The molecule has 2 rings (SSSR count). The van der Waals surface area contributed by atoms with Gasteiger partial charge in [-0.15, -0.1) is 0 Å². The van der Waals surface area contributed by atoms with Gasteiger partial charge < -0.3 is 11.1 Å². The van der Waals surface area contributed by atoms with E-state index in [1.165, 1.54) is 18.5 Å². The van der Waals surface area contributed by atoms with Crippen molar-refractivity contribution in [2.45, 2.75) is 0 Å². The maximum absolute atomic E-state index is 13.0. The van der Waals surface area contributed by atoms with E-state index in [9.17, 15) is 13.6 Å². The Morgan fingerprint density at radius 1 is 1.22 bits per heavy atom. The van der Waals surface area contributed by atoms with Crippen LogP contribution in [0.2, 0.25) is 0 Å². The smallest absolute Gasteiger partial charge is 0.255 e. The molecule has 0 radical (unpaired) electrons. The summed E-state index contributed by atoms with van der Waals surface area (Å²) in [6, 6.07) is 4.06. The van der Waals surface area contributed by atoms with E-state index in [0.717, 1.165) is 12.1 Å². The van der Waals surface area contributed by atoms with Crippen LogP contribution in [0.4, 0.5) is 20.2 Å². The SMILES string of the molecule is Nc1cnccc1NC(=O)c1cc(F)cc(F)c1. The first-order valence-electron chi connectivity index (χ1n) is 5.03. The number of carbonyl (C=O) groups excluding carboxylic acids is 1. The molecule has 6 heteroatoms. The molecule has 0 atom stereocenters. The second-order valence-electron chi connectivity index (χ2n) is 3.58. The molecule has 92 valence electrons. The number of aromatic nitrogens is 1. The van der Waals surface area contributed by atoms with Crippen molar-refractivity contribution in [1.82, 2.24) is 4.98 Å². The van der Waals surface area contributed by atoms with Crippen LogP contribution in [0.25, 0.3) is 0 Å². The lowest BCUT2D eigenvalue weighted by Crippen LogP contribution is -2.13. The Balaban J connectivity index is 2.25. The van der Waals surface area contributed by atoms with Gasteiger partial charge in [0.05, 0.1) is 17.6 Å². The van der Waals surface area contributed by atoms with Crippen molar-refractivity contribution in [2.75, 3.05) is 11.1 Å². The molecule has 4 nitrogen and oxygen atoms in total. The van der Waals surface area contributed by atoms with Crippen molar-refractivity contribution < 1.29 is 13.6 Å². The number of nitrogens with zero attached hydrogens (tertiary/aromatic N) is 1. The topological polar surface area (TPSA) is 68.0 Å². The molecule has 3 N–H and O–H groups in total. The van der Waals surface area contributed by atoms with Gasteiger partial charge in [-0.05, 0) is 18.2 Å². The van der Waals surface area contributed by atoms with E-state index in [0.29, 0.717) is 11.8 Å². The number of carbonyl (C=O) groups is 1. The first kappa shape index (κ1) is 12.0. The number of amides is 1. The summed E-state index contributed by atoms with van der Waals surface area (Å²) >= 11 is 0. The molecule has 1 heterocycles. The third-order valence-electron chi connectivity index (χ3n) is 2.22. The summed E-state index contributed by atoms with van der Waals surface area (Å²) in [5.74, 6) is -2.28. The van der Waals surface area contributed by atoms with Gasteiger partial charge >= 0.3 is 0 Å². The number of hydrogen-bond donors (Lipinski definition) is 2. The Hall–Kier alpha value is -2.50. The first-order chi connectivity index (χ1) is 8.56. The van der Waals surface area contributed by atoms with Crippen LogP contribution in [-0.2, 0) is 0 Å². The van der Waals surface area contributed by atoms with Gasteiger partial charge in [-0.1, -0.05) is 0 Å². The quantitative estimate of drug-likeness (QED) is 0.857. The standard InChI is InChI=1S/C12H9F2N3O/c13-8-3-7(4-9(14)5-8)12(18)17-11-1-2-16-6-10(11)15/h1-6H,15H2,(H,16,17,18). The Morgan fingerprint density at radius 3 is 2.50 bits per heavy atom. The van der Waals surface area contributed by atoms with Crippen LogP contribution in [0.5, 0.6) is 0 Å². The maximum atomic E-state index is 13.0. The molecule has 2 aromatic rings. The first-order valence-corrected chi connectivity index (χ1v) is 5.03. The fourth-order valence-corrected chi connectivity index (χ4v) is 1.40. The number of halogens is 2. The minimum absolute atomic E-state index is 0.122. The van der Waals surface area contributed by atoms with Crippen molar-refractivity contribution in [3.8, 4) is 0 Å². The zero-order valence-electron chi connectivity index (χ0n) is 9.15. The molecule has 0 spiro atoms. The molecule has 0 fully saturated rings. The third kappa shape index (κ3) is 2.60. The molecule has 1 amide bonds. The van der Waals surface area contributed by atoms with E-state index >= 15 is 0 Å². The van der Waals surface area contributed by atoms with Gasteiger partial charge in [-0.25, -0.2) is 8.78 Å². The fourth-order valence-electron chi connectivity index (χ4n) is 1.40. The van der Waals surface area contributed by atoms with E-state index in [1.807, 2.05) is 0 Å². The summed E-state index contributed by atoms with van der Waals surface area (Å²) in [4.78, 5) is 15.5. The number of anilines is 2. The predicted molar refractivity (Wildman–Crippen MR) is 63.0 cm³/mol. The van der Waals surface area contributed by atoms with E-state index in [2.05, 4.69) is 10.3 Å². The second-order valence-corrected chi connectivity index (χ2v) is 3.58. The Morgan fingerprint density at radius 2 is 1.89 bits per heavy atom.